The molecule has 2 nitrogen and oxygen atoms in total. The molecule has 1 aromatic rings. The number of benzene rings is 1. The molecule has 0 saturated heterocycles. The van der Waals surface area contributed by atoms with E-state index in [1.807, 2.05) is 6.07 Å². The number of nitriles is 1. The number of hydrogen-bond donors (Lipinski definition) is 1. The summed E-state index contributed by atoms with van der Waals surface area (Å²) in [6, 6.07) is 11.5. The first-order valence-corrected chi connectivity index (χ1v) is 7.41. The number of halogens is 1. The number of nitrogens with one attached hydrogen (secondary N) is 1. The second-order valence-electron chi connectivity index (χ2n) is 5.07. The van der Waals surface area contributed by atoms with Crippen molar-refractivity contribution in [3.63, 3.8) is 0 Å². The third-order valence-corrected chi connectivity index (χ3v) is 4.24. The van der Waals surface area contributed by atoms with E-state index in [0.717, 1.165) is 17.3 Å². The molecule has 1 saturated carbocycles. The molecule has 0 bridgehead atoms. The Morgan fingerprint density at radius 3 is 2.89 bits per heavy atom. The molecule has 0 aliphatic heterocycles. The molecule has 1 aliphatic carbocycles. The second-order valence-corrected chi connectivity index (χ2v) is 5.99. The van der Waals surface area contributed by atoms with Gasteiger partial charge >= 0.3 is 0 Å². The summed E-state index contributed by atoms with van der Waals surface area (Å²) in [5.41, 5.74) is 1.27. The fraction of sp³-hybridized carbons (Fsp3) is 0.533. The van der Waals surface area contributed by atoms with Crippen molar-refractivity contribution in [1.82, 2.24) is 5.32 Å². The Morgan fingerprint density at radius 2 is 2.17 bits per heavy atom. The normalized spacial score (nSPS) is 25.4. The van der Waals surface area contributed by atoms with Gasteiger partial charge in [0, 0.05) is 16.6 Å². The van der Waals surface area contributed by atoms with Gasteiger partial charge in [-0.2, -0.15) is 5.26 Å². The molecular weight excluding hydrogens is 288 g/mol. The summed E-state index contributed by atoms with van der Waals surface area (Å²) in [6.07, 6.45) is 4.60. The van der Waals surface area contributed by atoms with Crippen LogP contribution in [0.1, 0.15) is 44.2 Å². The summed E-state index contributed by atoms with van der Waals surface area (Å²) in [4.78, 5) is 0. The molecule has 1 aromatic carbocycles. The van der Waals surface area contributed by atoms with Gasteiger partial charge in [-0.1, -0.05) is 40.9 Å². The van der Waals surface area contributed by atoms with E-state index in [1.54, 1.807) is 0 Å². The molecule has 0 radical (unpaired) electrons. The Morgan fingerprint density at radius 1 is 1.39 bits per heavy atom. The predicted octanol–water partition coefficient (Wildman–Crippen LogP) is 4.18. The molecule has 18 heavy (non-hydrogen) atoms. The van der Waals surface area contributed by atoms with Crippen LogP contribution in [0, 0.1) is 17.2 Å². The van der Waals surface area contributed by atoms with E-state index in [9.17, 15) is 5.26 Å². The monoisotopic (exact) mass is 306 g/mol. The average Bonchev–Trinajstić information content (AvgIpc) is 2.39. The first-order valence-electron chi connectivity index (χ1n) is 6.62. The van der Waals surface area contributed by atoms with Gasteiger partial charge in [-0.3, -0.25) is 0 Å². The van der Waals surface area contributed by atoms with Crippen molar-refractivity contribution < 1.29 is 0 Å². The molecule has 1 N–H and O–H groups in total. The van der Waals surface area contributed by atoms with Gasteiger partial charge in [0.25, 0.3) is 0 Å². The Hall–Kier alpha value is -0.850. The van der Waals surface area contributed by atoms with Gasteiger partial charge in [-0.15, -0.1) is 0 Å². The van der Waals surface area contributed by atoms with Gasteiger partial charge in [-0.05, 0) is 37.5 Å². The topological polar surface area (TPSA) is 35.8 Å². The highest BCUT2D eigenvalue weighted by molar-refractivity contribution is 9.10. The van der Waals surface area contributed by atoms with Crippen molar-refractivity contribution in [3.05, 3.63) is 34.3 Å². The molecule has 3 atom stereocenters. The van der Waals surface area contributed by atoms with E-state index < -0.39 is 0 Å². The highest BCUT2D eigenvalue weighted by Gasteiger charge is 2.26. The maximum Gasteiger partial charge on any atom is 0.0672 e. The van der Waals surface area contributed by atoms with Gasteiger partial charge < -0.3 is 5.32 Å². The molecule has 0 spiro atoms. The summed E-state index contributed by atoms with van der Waals surface area (Å²) in [5.74, 6) is 0.174. The van der Waals surface area contributed by atoms with Crippen LogP contribution >= 0.6 is 15.9 Å². The van der Waals surface area contributed by atoms with Crippen LogP contribution in [0.3, 0.4) is 0 Å². The van der Waals surface area contributed by atoms with Gasteiger partial charge in [0.2, 0.25) is 0 Å². The molecule has 3 heteroatoms. The highest BCUT2D eigenvalue weighted by atomic mass is 79.9. The minimum absolute atomic E-state index is 0.174. The summed E-state index contributed by atoms with van der Waals surface area (Å²) in [7, 11) is 0. The van der Waals surface area contributed by atoms with Crippen LogP contribution in [0.25, 0.3) is 0 Å². The molecule has 1 fully saturated rings. The molecule has 0 amide bonds. The van der Waals surface area contributed by atoms with Crippen LogP contribution in [0.5, 0.6) is 0 Å². The molecule has 0 heterocycles. The first kappa shape index (κ1) is 13.6. The maximum absolute atomic E-state index is 9.19. The van der Waals surface area contributed by atoms with Gasteiger partial charge in [0.1, 0.15) is 0 Å². The van der Waals surface area contributed by atoms with Crippen LogP contribution < -0.4 is 5.32 Å². The quantitative estimate of drug-likeness (QED) is 0.909. The van der Waals surface area contributed by atoms with Gasteiger partial charge in [-0.25, -0.2) is 0 Å². The standard InChI is InChI=1S/C15H19BrN2/c1-11(12-6-4-7-14(16)9-12)18-15-8-3-2-5-13(15)10-17/h4,6-7,9,11,13,15,18H,2-3,5,8H2,1H3/t11-,13?,15?/m1/s1. The number of rotatable bonds is 3. The third-order valence-electron chi connectivity index (χ3n) is 3.74. The van der Waals surface area contributed by atoms with Gasteiger partial charge in [0.15, 0.2) is 0 Å². The van der Waals surface area contributed by atoms with Crippen molar-refractivity contribution in [3.8, 4) is 6.07 Å². The molecule has 2 rings (SSSR count). The summed E-state index contributed by atoms with van der Waals surface area (Å²) in [6.45, 7) is 2.17. The Balaban J connectivity index is 2.02. The van der Waals surface area contributed by atoms with E-state index in [-0.39, 0.29) is 5.92 Å². The fourth-order valence-electron chi connectivity index (χ4n) is 2.68. The van der Waals surface area contributed by atoms with Gasteiger partial charge in [0.05, 0.1) is 12.0 Å². The van der Waals surface area contributed by atoms with Crippen molar-refractivity contribution >= 4 is 15.9 Å². The smallest absolute Gasteiger partial charge is 0.0672 e. The zero-order valence-electron chi connectivity index (χ0n) is 10.7. The van der Waals surface area contributed by atoms with E-state index >= 15 is 0 Å². The lowest BCUT2D eigenvalue weighted by atomic mass is 9.85. The summed E-state index contributed by atoms with van der Waals surface area (Å²) in [5, 5.41) is 12.8. The molecule has 0 aromatic heterocycles. The molecular formula is C15H19BrN2. The maximum atomic E-state index is 9.19. The lowest BCUT2D eigenvalue weighted by Crippen LogP contribution is -2.39. The van der Waals surface area contributed by atoms with E-state index in [0.29, 0.717) is 12.1 Å². The van der Waals surface area contributed by atoms with Crippen LogP contribution in [0.15, 0.2) is 28.7 Å². The van der Waals surface area contributed by atoms with E-state index in [4.69, 9.17) is 0 Å². The lowest BCUT2D eigenvalue weighted by Gasteiger charge is -2.30. The number of hydrogen-bond acceptors (Lipinski definition) is 2. The van der Waals surface area contributed by atoms with Crippen molar-refractivity contribution in [2.75, 3.05) is 0 Å². The predicted molar refractivity (Wildman–Crippen MR) is 77.1 cm³/mol. The molecule has 2 unspecified atom stereocenters. The van der Waals surface area contributed by atoms with E-state index in [2.05, 4.69) is 52.4 Å². The SMILES string of the molecule is C[C@@H](NC1CCCCC1C#N)c1cccc(Br)c1. The Labute approximate surface area is 118 Å². The molecule has 96 valence electrons. The fourth-order valence-corrected chi connectivity index (χ4v) is 3.10. The second kappa shape index (κ2) is 6.36. The Bertz CT molecular complexity index is 438. The zero-order chi connectivity index (χ0) is 13.0. The average molecular weight is 307 g/mol. The van der Waals surface area contributed by atoms with E-state index in [1.165, 1.54) is 18.4 Å². The number of nitrogens with zero attached hydrogens (tertiary/aromatic N) is 1. The van der Waals surface area contributed by atoms with Crippen LogP contribution in [-0.4, -0.2) is 6.04 Å². The van der Waals surface area contributed by atoms with Crippen LogP contribution in [0.4, 0.5) is 0 Å². The zero-order valence-corrected chi connectivity index (χ0v) is 12.3. The summed E-state index contributed by atoms with van der Waals surface area (Å²) < 4.78 is 1.11. The summed E-state index contributed by atoms with van der Waals surface area (Å²) >= 11 is 3.50. The third kappa shape index (κ3) is 3.34. The van der Waals surface area contributed by atoms with Crippen LogP contribution in [0.2, 0.25) is 0 Å². The minimum Gasteiger partial charge on any atom is -0.306 e. The first-order chi connectivity index (χ1) is 8.70. The largest absolute Gasteiger partial charge is 0.306 e. The molecule has 1 aliphatic rings. The Kier molecular flexibility index (Phi) is 4.79. The van der Waals surface area contributed by atoms with Crippen molar-refractivity contribution in [2.45, 2.75) is 44.7 Å². The highest BCUT2D eigenvalue weighted by Crippen LogP contribution is 2.26. The van der Waals surface area contributed by atoms with Crippen molar-refractivity contribution in [2.24, 2.45) is 5.92 Å². The van der Waals surface area contributed by atoms with Crippen LogP contribution in [-0.2, 0) is 0 Å². The van der Waals surface area contributed by atoms with Crippen molar-refractivity contribution in [1.29, 1.82) is 5.26 Å². The minimum atomic E-state index is 0.174. The lowest BCUT2D eigenvalue weighted by molar-refractivity contribution is 0.292.